The molecule has 0 unspecified atom stereocenters. The summed E-state index contributed by atoms with van der Waals surface area (Å²) in [5.74, 6) is 0. The van der Waals surface area contributed by atoms with Crippen LogP contribution in [0.1, 0.15) is 45.2 Å². The van der Waals surface area contributed by atoms with Gasteiger partial charge in [-0.2, -0.15) is 22.8 Å². The fourth-order valence-corrected chi connectivity index (χ4v) is 3.98. The minimum atomic E-state index is -4.58. The second-order valence-electron chi connectivity index (χ2n) is 8.69. The average molecular weight is 436 g/mol. The summed E-state index contributed by atoms with van der Waals surface area (Å²) >= 11 is 0. The van der Waals surface area contributed by atoms with Crippen molar-refractivity contribution in [1.82, 2.24) is 19.1 Å². The first-order valence-electron chi connectivity index (χ1n) is 10.0. The molecule has 1 saturated heterocycles. The molecule has 0 spiro atoms. The van der Waals surface area contributed by atoms with Crippen molar-refractivity contribution >= 4 is 22.6 Å². The molecule has 1 aromatic carbocycles. The zero-order valence-electron chi connectivity index (χ0n) is 17.4. The van der Waals surface area contributed by atoms with Crippen molar-refractivity contribution in [3.05, 3.63) is 46.4 Å². The van der Waals surface area contributed by atoms with Gasteiger partial charge in [0.15, 0.2) is 0 Å². The van der Waals surface area contributed by atoms with Crippen LogP contribution >= 0.6 is 0 Å². The van der Waals surface area contributed by atoms with Crippen LogP contribution in [0.3, 0.4) is 0 Å². The third-order valence-corrected chi connectivity index (χ3v) is 5.32. The smallest absolute Gasteiger partial charge is 0.417 e. The molecule has 1 amide bonds. The van der Waals surface area contributed by atoms with E-state index in [1.54, 1.807) is 30.2 Å². The van der Waals surface area contributed by atoms with Crippen molar-refractivity contribution in [2.75, 3.05) is 13.1 Å². The molecule has 7 nitrogen and oxygen atoms in total. The molecule has 0 N–H and O–H groups in total. The molecule has 2 aromatic heterocycles. The van der Waals surface area contributed by atoms with Crippen molar-refractivity contribution in [3.8, 4) is 0 Å². The van der Waals surface area contributed by atoms with Gasteiger partial charge in [0, 0.05) is 31.4 Å². The Labute approximate surface area is 176 Å². The lowest BCUT2D eigenvalue weighted by atomic mass is 10.0. The molecule has 1 aliphatic rings. The van der Waals surface area contributed by atoms with Gasteiger partial charge >= 0.3 is 12.3 Å². The Balaban J connectivity index is 1.74. The number of halogens is 3. The van der Waals surface area contributed by atoms with Gasteiger partial charge in [-0.25, -0.2) is 4.79 Å². The Hall–Kier alpha value is -3.04. The molecule has 1 fully saturated rings. The second-order valence-corrected chi connectivity index (χ2v) is 8.69. The number of fused-ring (bicyclic) bond motifs is 3. The fraction of sp³-hybridized carbons (Fsp3) is 0.476. The predicted molar refractivity (Wildman–Crippen MR) is 108 cm³/mol. The third kappa shape index (κ3) is 3.98. The van der Waals surface area contributed by atoms with Gasteiger partial charge in [-0.15, -0.1) is 0 Å². The van der Waals surface area contributed by atoms with E-state index in [4.69, 9.17) is 4.74 Å². The number of likely N-dealkylation sites (tertiary alicyclic amines) is 1. The number of piperidine rings is 1. The van der Waals surface area contributed by atoms with Gasteiger partial charge in [-0.3, -0.25) is 4.79 Å². The third-order valence-electron chi connectivity index (χ3n) is 5.32. The average Bonchev–Trinajstić information content (AvgIpc) is 3.07. The van der Waals surface area contributed by atoms with Crippen molar-refractivity contribution in [2.45, 2.75) is 51.4 Å². The molecular formula is C21H23F3N4O3. The topological polar surface area (TPSA) is 68.8 Å². The molecule has 10 heteroatoms. The first-order valence-corrected chi connectivity index (χ1v) is 10.0. The highest BCUT2D eigenvalue weighted by Crippen LogP contribution is 2.37. The normalized spacial score (nSPS) is 16.3. The quantitative estimate of drug-likeness (QED) is 0.572. The van der Waals surface area contributed by atoms with E-state index in [0.29, 0.717) is 25.9 Å². The van der Waals surface area contributed by atoms with Gasteiger partial charge < -0.3 is 14.2 Å². The first-order chi connectivity index (χ1) is 14.5. The summed E-state index contributed by atoms with van der Waals surface area (Å²) in [7, 11) is 0. The Bertz CT molecular complexity index is 1200. The van der Waals surface area contributed by atoms with Gasteiger partial charge in [0.25, 0.3) is 5.56 Å². The number of carbonyl (C=O) groups excluding carboxylic acids is 1. The number of carbonyl (C=O) groups is 1. The number of alkyl halides is 3. The summed E-state index contributed by atoms with van der Waals surface area (Å²) in [6.07, 6.45) is -2.46. The van der Waals surface area contributed by atoms with Crippen LogP contribution in [-0.4, -0.2) is 43.9 Å². The molecular weight excluding hydrogens is 413 g/mol. The zero-order valence-corrected chi connectivity index (χ0v) is 17.4. The Morgan fingerprint density at radius 3 is 2.42 bits per heavy atom. The lowest BCUT2D eigenvalue weighted by Gasteiger charge is -2.34. The molecule has 0 saturated carbocycles. The molecule has 3 aromatic rings. The van der Waals surface area contributed by atoms with Crippen LogP contribution in [0.2, 0.25) is 0 Å². The fourth-order valence-electron chi connectivity index (χ4n) is 3.98. The Kier molecular flexibility index (Phi) is 4.98. The van der Waals surface area contributed by atoms with E-state index < -0.39 is 29.0 Å². The van der Waals surface area contributed by atoms with Crippen molar-refractivity contribution < 1.29 is 22.7 Å². The zero-order chi connectivity index (χ0) is 22.6. The summed E-state index contributed by atoms with van der Waals surface area (Å²) in [6.45, 7) is 6.17. The van der Waals surface area contributed by atoms with E-state index in [1.807, 2.05) is 0 Å². The molecule has 3 heterocycles. The minimum Gasteiger partial charge on any atom is -0.444 e. The molecule has 0 atom stereocenters. The van der Waals surface area contributed by atoms with Crippen molar-refractivity contribution in [1.29, 1.82) is 0 Å². The summed E-state index contributed by atoms with van der Waals surface area (Å²) < 4.78 is 49.2. The van der Waals surface area contributed by atoms with Crippen molar-refractivity contribution in [3.63, 3.8) is 0 Å². The Morgan fingerprint density at radius 1 is 1.13 bits per heavy atom. The number of aromatic nitrogens is 3. The number of hydrogen-bond donors (Lipinski definition) is 0. The van der Waals surface area contributed by atoms with Crippen LogP contribution in [0.5, 0.6) is 0 Å². The maximum atomic E-state index is 13.7. The van der Waals surface area contributed by atoms with Gasteiger partial charge in [-0.05, 0) is 45.7 Å². The van der Waals surface area contributed by atoms with Crippen LogP contribution in [0.25, 0.3) is 16.6 Å². The number of rotatable bonds is 1. The number of amides is 1. The first kappa shape index (κ1) is 21.2. The van der Waals surface area contributed by atoms with E-state index in [1.165, 1.54) is 24.4 Å². The van der Waals surface area contributed by atoms with E-state index in [2.05, 4.69) is 5.10 Å². The summed E-state index contributed by atoms with van der Waals surface area (Å²) in [6, 6.07) is 4.85. The SMILES string of the molecule is CC(C)(C)OC(=O)N1CCC(n2ccc(=O)n3nc4cccc(C(F)(F)F)c4c23)CC1. The summed E-state index contributed by atoms with van der Waals surface area (Å²) in [5, 5.41) is 4.03. The highest BCUT2D eigenvalue weighted by Gasteiger charge is 2.35. The molecule has 166 valence electrons. The minimum absolute atomic E-state index is 0.0951. The van der Waals surface area contributed by atoms with Crippen LogP contribution in [0, 0.1) is 0 Å². The molecule has 0 bridgehead atoms. The van der Waals surface area contributed by atoms with E-state index >= 15 is 0 Å². The maximum absolute atomic E-state index is 13.7. The van der Waals surface area contributed by atoms with Gasteiger partial charge in [0.1, 0.15) is 11.2 Å². The largest absolute Gasteiger partial charge is 0.444 e. The van der Waals surface area contributed by atoms with E-state index in [0.717, 1.165) is 10.6 Å². The lowest BCUT2D eigenvalue weighted by molar-refractivity contribution is -0.136. The highest BCUT2D eigenvalue weighted by molar-refractivity contribution is 5.95. The molecule has 0 radical (unpaired) electrons. The van der Waals surface area contributed by atoms with Gasteiger partial charge in [0.2, 0.25) is 0 Å². The summed E-state index contributed by atoms with van der Waals surface area (Å²) in [5.41, 5.74) is -1.71. The highest BCUT2D eigenvalue weighted by atomic mass is 19.4. The lowest BCUT2D eigenvalue weighted by Crippen LogP contribution is -2.42. The van der Waals surface area contributed by atoms with Crippen LogP contribution in [0.4, 0.5) is 18.0 Å². The van der Waals surface area contributed by atoms with E-state index in [9.17, 15) is 22.8 Å². The van der Waals surface area contributed by atoms with Crippen LogP contribution < -0.4 is 5.56 Å². The molecule has 4 rings (SSSR count). The molecule has 0 aliphatic carbocycles. The number of ether oxygens (including phenoxy) is 1. The monoisotopic (exact) mass is 436 g/mol. The van der Waals surface area contributed by atoms with Gasteiger partial charge in [0.05, 0.1) is 16.5 Å². The number of nitrogens with zero attached hydrogens (tertiary/aromatic N) is 4. The maximum Gasteiger partial charge on any atom is 0.417 e. The van der Waals surface area contributed by atoms with Gasteiger partial charge in [-0.1, -0.05) is 6.07 Å². The Morgan fingerprint density at radius 2 is 1.81 bits per heavy atom. The standard InChI is InChI=1S/C21H23F3N4O3/c1-20(2,3)31-19(30)26-10-7-13(8-11-26)27-12-9-16(29)28-18(27)17-14(21(22,23)24)5-4-6-15(17)25-28/h4-6,9,12-13H,7-8,10-11H2,1-3H3. The van der Waals surface area contributed by atoms with Crippen LogP contribution in [0.15, 0.2) is 35.3 Å². The van der Waals surface area contributed by atoms with E-state index in [-0.39, 0.29) is 22.6 Å². The van der Waals surface area contributed by atoms with Crippen molar-refractivity contribution in [2.24, 2.45) is 0 Å². The number of hydrogen-bond acceptors (Lipinski definition) is 4. The number of benzene rings is 1. The molecule has 1 aliphatic heterocycles. The second kappa shape index (κ2) is 7.28. The molecule has 31 heavy (non-hydrogen) atoms. The summed E-state index contributed by atoms with van der Waals surface area (Å²) in [4.78, 5) is 26.3. The van der Waals surface area contributed by atoms with Crippen LogP contribution in [-0.2, 0) is 10.9 Å². The predicted octanol–water partition coefficient (Wildman–Crippen LogP) is 4.24.